The van der Waals surface area contributed by atoms with Crippen LogP contribution in [0.15, 0.2) is 28.6 Å². The summed E-state index contributed by atoms with van der Waals surface area (Å²) >= 11 is 1.24. The maximum atomic E-state index is 12.5. The lowest BCUT2D eigenvalue weighted by Gasteiger charge is -2.26. The van der Waals surface area contributed by atoms with E-state index in [0.29, 0.717) is 36.4 Å². The monoisotopic (exact) mass is 397 g/mol. The summed E-state index contributed by atoms with van der Waals surface area (Å²) in [4.78, 5) is 7.27. The molecule has 142 valence electrons. The maximum Gasteiger partial charge on any atom is 0.250 e. The summed E-state index contributed by atoms with van der Waals surface area (Å²) in [5, 5.41) is 0. The maximum absolute atomic E-state index is 12.5. The SMILES string of the molecule is COc1cc(C)c(-c2ccc(S(=O)(=O)NCCN3CCOCC3)s2)cn1. The highest BCUT2D eigenvalue weighted by Gasteiger charge is 2.19. The first kappa shape index (κ1) is 19.2. The molecule has 3 rings (SSSR count). The molecular weight excluding hydrogens is 374 g/mol. The van der Waals surface area contributed by atoms with Crippen molar-refractivity contribution < 1.29 is 17.9 Å². The molecule has 1 aliphatic rings. The Labute approximate surface area is 158 Å². The van der Waals surface area contributed by atoms with Crippen molar-refractivity contribution in [3.8, 4) is 16.3 Å². The number of hydrogen-bond donors (Lipinski definition) is 1. The van der Waals surface area contributed by atoms with Crippen LogP contribution >= 0.6 is 11.3 Å². The second-order valence-corrected chi connectivity index (χ2v) is 9.09. The van der Waals surface area contributed by atoms with Gasteiger partial charge in [0.25, 0.3) is 0 Å². The first-order valence-electron chi connectivity index (χ1n) is 8.40. The number of morpholine rings is 1. The summed E-state index contributed by atoms with van der Waals surface area (Å²) in [5.74, 6) is 0.542. The van der Waals surface area contributed by atoms with Gasteiger partial charge >= 0.3 is 0 Å². The topological polar surface area (TPSA) is 80.8 Å². The van der Waals surface area contributed by atoms with E-state index in [0.717, 1.165) is 29.1 Å². The van der Waals surface area contributed by atoms with E-state index in [2.05, 4.69) is 14.6 Å². The zero-order valence-electron chi connectivity index (χ0n) is 14.9. The number of sulfonamides is 1. The largest absolute Gasteiger partial charge is 0.481 e. The molecule has 0 spiro atoms. The molecule has 0 atom stereocenters. The molecule has 9 heteroatoms. The van der Waals surface area contributed by atoms with E-state index in [1.54, 1.807) is 19.4 Å². The average molecular weight is 398 g/mol. The van der Waals surface area contributed by atoms with Crippen LogP contribution in [-0.4, -0.2) is 64.8 Å². The fourth-order valence-corrected chi connectivity index (χ4v) is 5.19. The normalized spacial score (nSPS) is 15.9. The van der Waals surface area contributed by atoms with Crippen molar-refractivity contribution in [1.82, 2.24) is 14.6 Å². The van der Waals surface area contributed by atoms with Crippen molar-refractivity contribution in [2.45, 2.75) is 11.1 Å². The summed E-state index contributed by atoms with van der Waals surface area (Å²) in [6.07, 6.45) is 1.71. The smallest absolute Gasteiger partial charge is 0.250 e. The van der Waals surface area contributed by atoms with Gasteiger partial charge in [-0.25, -0.2) is 18.1 Å². The van der Waals surface area contributed by atoms with Gasteiger partial charge in [0.1, 0.15) is 4.21 Å². The second kappa shape index (κ2) is 8.45. The third-order valence-corrected chi connectivity index (χ3v) is 7.30. The van der Waals surface area contributed by atoms with Gasteiger partial charge in [0.2, 0.25) is 15.9 Å². The number of aryl methyl sites for hydroxylation is 1. The Hall–Kier alpha value is -1.52. The number of nitrogens with one attached hydrogen (secondary N) is 1. The summed E-state index contributed by atoms with van der Waals surface area (Å²) < 4.78 is 38.5. The molecule has 0 aliphatic carbocycles. The van der Waals surface area contributed by atoms with E-state index in [1.807, 2.05) is 19.1 Å². The van der Waals surface area contributed by atoms with Gasteiger partial charge < -0.3 is 9.47 Å². The van der Waals surface area contributed by atoms with Crippen LogP contribution in [0.25, 0.3) is 10.4 Å². The van der Waals surface area contributed by atoms with Crippen LogP contribution in [0.4, 0.5) is 0 Å². The number of pyridine rings is 1. The van der Waals surface area contributed by atoms with Gasteiger partial charge in [0, 0.05) is 48.9 Å². The predicted octanol–water partition coefficient (Wildman–Crippen LogP) is 1.74. The molecule has 1 fully saturated rings. The van der Waals surface area contributed by atoms with Crippen molar-refractivity contribution in [3.05, 3.63) is 30.0 Å². The van der Waals surface area contributed by atoms with E-state index < -0.39 is 10.0 Å². The molecule has 0 amide bonds. The van der Waals surface area contributed by atoms with E-state index in [-0.39, 0.29) is 0 Å². The Morgan fingerprint density at radius 1 is 1.35 bits per heavy atom. The molecule has 7 nitrogen and oxygen atoms in total. The van der Waals surface area contributed by atoms with E-state index in [9.17, 15) is 8.42 Å². The molecule has 2 aromatic rings. The zero-order chi connectivity index (χ0) is 18.6. The lowest BCUT2D eigenvalue weighted by Crippen LogP contribution is -2.41. The Morgan fingerprint density at radius 2 is 2.12 bits per heavy atom. The third-order valence-electron chi connectivity index (χ3n) is 4.23. The van der Waals surface area contributed by atoms with Gasteiger partial charge in [0.05, 0.1) is 20.3 Å². The van der Waals surface area contributed by atoms with Gasteiger partial charge in [-0.3, -0.25) is 4.90 Å². The molecule has 26 heavy (non-hydrogen) atoms. The van der Waals surface area contributed by atoms with Crippen LogP contribution in [0.3, 0.4) is 0 Å². The first-order chi connectivity index (χ1) is 12.5. The van der Waals surface area contributed by atoms with Crippen LogP contribution in [0.2, 0.25) is 0 Å². The second-order valence-electron chi connectivity index (χ2n) is 6.01. The molecule has 3 heterocycles. The number of aromatic nitrogens is 1. The molecular formula is C17H23N3O4S2. The van der Waals surface area contributed by atoms with Crippen LogP contribution in [-0.2, 0) is 14.8 Å². The standard InChI is InChI=1S/C17H23N3O4S2/c1-13-11-16(23-2)18-12-14(13)15-3-4-17(25-15)26(21,22)19-5-6-20-7-9-24-10-8-20/h3-4,11-12,19H,5-10H2,1-2H3. The summed E-state index contributed by atoms with van der Waals surface area (Å²) in [6.45, 7) is 6.12. The molecule has 0 bridgehead atoms. The van der Waals surface area contributed by atoms with Crippen LogP contribution in [0.1, 0.15) is 5.56 Å². The highest BCUT2D eigenvalue weighted by Crippen LogP contribution is 2.33. The lowest BCUT2D eigenvalue weighted by molar-refractivity contribution is 0.0390. The molecule has 0 radical (unpaired) electrons. The highest BCUT2D eigenvalue weighted by molar-refractivity contribution is 7.91. The van der Waals surface area contributed by atoms with Crippen molar-refractivity contribution >= 4 is 21.4 Å². The number of nitrogens with zero attached hydrogens (tertiary/aromatic N) is 2. The molecule has 2 aromatic heterocycles. The van der Waals surface area contributed by atoms with Crippen molar-refractivity contribution in [2.24, 2.45) is 0 Å². The average Bonchev–Trinajstić information content (AvgIpc) is 3.13. The minimum Gasteiger partial charge on any atom is -0.481 e. The first-order valence-corrected chi connectivity index (χ1v) is 10.7. The predicted molar refractivity (Wildman–Crippen MR) is 101 cm³/mol. The van der Waals surface area contributed by atoms with Gasteiger partial charge in [-0.15, -0.1) is 11.3 Å². The van der Waals surface area contributed by atoms with E-state index in [4.69, 9.17) is 9.47 Å². The quantitative estimate of drug-likeness (QED) is 0.767. The van der Waals surface area contributed by atoms with E-state index >= 15 is 0 Å². The number of rotatable bonds is 7. The zero-order valence-corrected chi connectivity index (χ0v) is 16.5. The Bertz CT molecular complexity index is 845. The minimum absolute atomic E-state index is 0.310. The van der Waals surface area contributed by atoms with Crippen LogP contribution < -0.4 is 9.46 Å². The Morgan fingerprint density at radius 3 is 2.81 bits per heavy atom. The van der Waals surface area contributed by atoms with Gasteiger partial charge in [0.15, 0.2) is 0 Å². The van der Waals surface area contributed by atoms with Crippen LogP contribution in [0, 0.1) is 6.92 Å². The molecule has 1 saturated heterocycles. The minimum atomic E-state index is -3.51. The van der Waals surface area contributed by atoms with Crippen LogP contribution in [0.5, 0.6) is 5.88 Å². The number of thiophene rings is 1. The fraction of sp³-hybridized carbons (Fsp3) is 0.471. The van der Waals surface area contributed by atoms with Crippen molar-refractivity contribution in [2.75, 3.05) is 46.5 Å². The highest BCUT2D eigenvalue weighted by atomic mass is 32.2. The molecule has 1 N–H and O–H groups in total. The summed E-state index contributed by atoms with van der Waals surface area (Å²) in [7, 11) is -1.94. The molecule has 0 aromatic carbocycles. The van der Waals surface area contributed by atoms with E-state index in [1.165, 1.54) is 11.3 Å². The summed E-state index contributed by atoms with van der Waals surface area (Å²) in [5.41, 5.74) is 1.90. The third kappa shape index (κ3) is 4.60. The van der Waals surface area contributed by atoms with Crippen molar-refractivity contribution in [1.29, 1.82) is 0 Å². The van der Waals surface area contributed by atoms with Gasteiger partial charge in [-0.2, -0.15) is 0 Å². The van der Waals surface area contributed by atoms with Crippen molar-refractivity contribution in [3.63, 3.8) is 0 Å². The Balaban J connectivity index is 1.66. The lowest BCUT2D eigenvalue weighted by atomic mass is 10.1. The summed E-state index contributed by atoms with van der Waals surface area (Å²) in [6, 6.07) is 5.29. The number of ether oxygens (including phenoxy) is 2. The fourth-order valence-electron chi connectivity index (χ4n) is 2.74. The molecule has 1 aliphatic heterocycles. The Kier molecular flexibility index (Phi) is 6.25. The number of hydrogen-bond acceptors (Lipinski definition) is 7. The van der Waals surface area contributed by atoms with Gasteiger partial charge in [-0.05, 0) is 24.6 Å². The number of methoxy groups -OCH3 is 1. The molecule has 0 saturated carbocycles. The van der Waals surface area contributed by atoms with Gasteiger partial charge in [-0.1, -0.05) is 0 Å². The molecule has 0 unspecified atom stereocenters.